The van der Waals surface area contributed by atoms with E-state index < -0.39 is 67.9 Å². The summed E-state index contributed by atoms with van der Waals surface area (Å²) < 4.78 is 150. The molecule has 3 aromatic rings. The van der Waals surface area contributed by atoms with Crippen LogP contribution >= 0.6 is 11.9 Å². The molecule has 0 aliphatic rings. The van der Waals surface area contributed by atoms with Gasteiger partial charge in [-0.2, -0.15) is 53.1 Å². The number of nitrogens with zero attached hydrogens (tertiary/aromatic N) is 2. The molecule has 0 atom stereocenters. The highest BCUT2D eigenvalue weighted by Crippen LogP contribution is 2.43. The first kappa shape index (κ1) is 42.5. The summed E-state index contributed by atoms with van der Waals surface area (Å²) in [5.74, 6) is -1.05. The van der Waals surface area contributed by atoms with Crippen molar-refractivity contribution in [2.24, 2.45) is 5.92 Å². The van der Waals surface area contributed by atoms with Gasteiger partial charge in [-0.3, -0.25) is 4.18 Å². The highest BCUT2D eigenvalue weighted by molar-refractivity contribution is 8.00. The quantitative estimate of drug-likeness (QED) is 0.0590. The van der Waals surface area contributed by atoms with Gasteiger partial charge in [0.2, 0.25) is 5.75 Å². The van der Waals surface area contributed by atoms with Crippen LogP contribution in [0.3, 0.4) is 0 Å². The number of rotatable bonds is 13. The van der Waals surface area contributed by atoms with Gasteiger partial charge in [-0.15, -0.1) is 0 Å². The number of benzene rings is 2. The van der Waals surface area contributed by atoms with Crippen molar-refractivity contribution < 1.29 is 65.8 Å². The maximum absolute atomic E-state index is 13.1. The van der Waals surface area contributed by atoms with Crippen LogP contribution in [-0.2, 0) is 29.8 Å². The Hall–Kier alpha value is -3.69. The molecule has 0 aliphatic heterocycles. The van der Waals surface area contributed by atoms with E-state index in [1.807, 2.05) is 32.9 Å². The standard InChI is InChI=1S/C25H25F6N3O9S3.C4H10/c1-23(2,3)15-9-11-16(12-10-15)44-34-20-19(42-18-8-6-5-7-17(18)39-4)21(40-13-14-41-45(35,36)24(26,27)28)33-22(32-20)43-46(37,38)25(29,30)31;1-4(2)3/h5-12H,13-14H2,1-4H3,(H,32,33,34);4H,1-3H3. The first-order chi connectivity index (χ1) is 22.9. The Kier molecular flexibility index (Phi) is 14.5. The lowest BCUT2D eigenvalue weighted by molar-refractivity contribution is -0.0548. The monoisotopic (exact) mass is 779 g/mol. The van der Waals surface area contributed by atoms with Crippen LogP contribution < -0.4 is 23.1 Å². The lowest BCUT2D eigenvalue weighted by atomic mass is 9.87. The molecule has 1 aromatic heterocycles. The second-order valence-electron chi connectivity index (χ2n) is 11.5. The molecule has 0 spiro atoms. The molecular formula is C29H35F6N3O9S3. The Balaban J connectivity index is 0.00000205. The van der Waals surface area contributed by atoms with Gasteiger partial charge in [-0.25, -0.2) is 0 Å². The van der Waals surface area contributed by atoms with Gasteiger partial charge in [0.25, 0.3) is 5.88 Å². The summed E-state index contributed by atoms with van der Waals surface area (Å²) in [5.41, 5.74) is -10.9. The summed E-state index contributed by atoms with van der Waals surface area (Å²) in [6, 6.07) is 11.5. The van der Waals surface area contributed by atoms with Crippen LogP contribution in [0.1, 0.15) is 47.1 Å². The largest absolute Gasteiger partial charge is 0.534 e. The van der Waals surface area contributed by atoms with Crippen LogP contribution in [0.25, 0.3) is 0 Å². The van der Waals surface area contributed by atoms with Crippen molar-refractivity contribution in [3.8, 4) is 29.1 Å². The smallest absolute Gasteiger partial charge is 0.493 e. The molecule has 2 aromatic carbocycles. The molecule has 50 heavy (non-hydrogen) atoms. The van der Waals surface area contributed by atoms with Gasteiger partial charge in [-0.05, 0) is 53.1 Å². The summed E-state index contributed by atoms with van der Waals surface area (Å²) in [4.78, 5) is 7.71. The lowest BCUT2D eigenvalue weighted by Gasteiger charge is -2.19. The van der Waals surface area contributed by atoms with E-state index in [1.165, 1.54) is 25.3 Å². The molecule has 0 saturated heterocycles. The highest BCUT2D eigenvalue weighted by atomic mass is 32.2. The van der Waals surface area contributed by atoms with Crippen molar-refractivity contribution >= 4 is 38.0 Å². The van der Waals surface area contributed by atoms with E-state index >= 15 is 0 Å². The third-order valence-corrected chi connectivity index (χ3v) is 8.18. The van der Waals surface area contributed by atoms with Gasteiger partial charge in [0.05, 0.1) is 7.11 Å². The van der Waals surface area contributed by atoms with Gasteiger partial charge < -0.3 is 23.1 Å². The molecule has 1 heterocycles. The predicted octanol–water partition coefficient (Wildman–Crippen LogP) is 7.83. The van der Waals surface area contributed by atoms with Crippen molar-refractivity contribution in [3.63, 3.8) is 0 Å². The molecule has 21 heteroatoms. The van der Waals surface area contributed by atoms with Gasteiger partial charge in [-0.1, -0.05) is 65.8 Å². The number of aromatic nitrogens is 2. The Bertz CT molecular complexity index is 1780. The van der Waals surface area contributed by atoms with E-state index in [-0.39, 0.29) is 16.9 Å². The van der Waals surface area contributed by atoms with Crippen molar-refractivity contribution in [3.05, 3.63) is 54.1 Å². The molecule has 12 nitrogen and oxygen atoms in total. The molecule has 0 fully saturated rings. The number of hydrogen-bond acceptors (Lipinski definition) is 13. The summed E-state index contributed by atoms with van der Waals surface area (Å²) in [6.45, 7) is 10.2. The minimum absolute atomic E-state index is 0.0477. The van der Waals surface area contributed by atoms with Crippen LogP contribution in [0, 0.1) is 5.92 Å². The lowest BCUT2D eigenvalue weighted by Crippen LogP contribution is -2.29. The number of anilines is 1. The minimum Gasteiger partial charge on any atom is -0.493 e. The molecule has 280 valence electrons. The van der Waals surface area contributed by atoms with Crippen molar-refractivity contribution in [1.82, 2.24) is 9.97 Å². The second kappa shape index (κ2) is 17.0. The number of methoxy groups -OCH3 is 1. The van der Waals surface area contributed by atoms with E-state index in [4.69, 9.17) is 14.2 Å². The van der Waals surface area contributed by atoms with Gasteiger partial charge in [0, 0.05) is 4.90 Å². The minimum atomic E-state index is -6.32. The summed E-state index contributed by atoms with van der Waals surface area (Å²) in [5, 5.41) is 0. The van der Waals surface area contributed by atoms with Crippen LogP contribution in [0.4, 0.5) is 32.2 Å². The summed E-state index contributed by atoms with van der Waals surface area (Å²) in [7, 11) is -11.1. The third kappa shape index (κ3) is 12.6. The second-order valence-corrected chi connectivity index (χ2v) is 15.5. The topological polar surface area (TPSA) is 152 Å². The molecule has 3 rings (SSSR count). The zero-order valence-corrected chi connectivity index (χ0v) is 30.1. The van der Waals surface area contributed by atoms with Gasteiger partial charge in [0.1, 0.15) is 13.2 Å². The van der Waals surface area contributed by atoms with E-state index in [0.29, 0.717) is 4.90 Å². The van der Waals surface area contributed by atoms with Gasteiger partial charge in [0.15, 0.2) is 17.3 Å². The first-order valence-corrected chi connectivity index (χ1v) is 17.9. The Morgan fingerprint density at radius 3 is 1.84 bits per heavy atom. The Labute approximate surface area is 290 Å². The maximum atomic E-state index is 13.1. The van der Waals surface area contributed by atoms with E-state index in [2.05, 4.69) is 43.8 Å². The summed E-state index contributed by atoms with van der Waals surface area (Å²) >= 11 is 0.840. The molecule has 0 aliphatic carbocycles. The van der Waals surface area contributed by atoms with E-state index in [9.17, 15) is 43.2 Å². The SMILES string of the molecule is CC(C)C.COc1ccccc1Oc1c(NSc2ccc(C(C)(C)C)cc2)nc(OS(=O)(=O)C(F)(F)F)nc1OCCOS(=O)(=O)C(F)(F)F. The number of hydrogen-bond donors (Lipinski definition) is 1. The number of para-hydroxylation sites is 2. The van der Waals surface area contributed by atoms with Crippen LogP contribution in [0.2, 0.25) is 0 Å². The van der Waals surface area contributed by atoms with E-state index in [1.54, 1.807) is 18.2 Å². The van der Waals surface area contributed by atoms with Crippen LogP contribution in [-0.4, -0.2) is 58.1 Å². The zero-order valence-electron chi connectivity index (χ0n) is 27.7. The number of ether oxygens (including phenoxy) is 3. The predicted molar refractivity (Wildman–Crippen MR) is 172 cm³/mol. The number of alkyl halides is 6. The molecule has 0 bridgehead atoms. The average Bonchev–Trinajstić information content (AvgIpc) is 2.98. The first-order valence-electron chi connectivity index (χ1n) is 14.2. The van der Waals surface area contributed by atoms with Crippen molar-refractivity contribution in [2.75, 3.05) is 25.0 Å². The van der Waals surface area contributed by atoms with Crippen molar-refractivity contribution in [1.29, 1.82) is 0 Å². The molecule has 0 saturated carbocycles. The fourth-order valence-electron chi connectivity index (χ4n) is 3.14. The summed E-state index contributed by atoms with van der Waals surface area (Å²) in [6.07, 6.45) is 0. The number of halogens is 6. The molecular weight excluding hydrogens is 745 g/mol. The molecule has 0 radical (unpaired) electrons. The zero-order chi connectivity index (χ0) is 38.1. The molecule has 0 unspecified atom stereocenters. The van der Waals surface area contributed by atoms with Crippen LogP contribution in [0.15, 0.2) is 53.4 Å². The van der Waals surface area contributed by atoms with Crippen molar-refractivity contribution in [2.45, 2.75) is 62.9 Å². The van der Waals surface area contributed by atoms with Crippen LogP contribution in [0.5, 0.6) is 29.1 Å². The fourth-order valence-corrected chi connectivity index (χ4v) is 4.56. The highest BCUT2D eigenvalue weighted by Gasteiger charge is 2.49. The maximum Gasteiger partial charge on any atom is 0.534 e. The third-order valence-electron chi connectivity index (χ3n) is 5.39. The Morgan fingerprint density at radius 1 is 0.800 bits per heavy atom. The molecule has 0 amide bonds. The normalized spacial score (nSPS) is 12.5. The fraction of sp³-hybridized carbons (Fsp3) is 0.448. The van der Waals surface area contributed by atoms with E-state index in [0.717, 1.165) is 23.4 Å². The number of nitrogens with one attached hydrogen (secondary N) is 1. The van der Waals surface area contributed by atoms with Gasteiger partial charge >= 0.3 is 37.3 Å². The average molecular weight is 780 g/mol. The molecule has 1 N–H and O–H groups in total. The Morgan fingerprint density at radius 2 is 1.34 bits per heavy atom.